The average molecular weight is 310 g/mol. The molecule has 1 aromatic heterocycles. The molecular formula is C14H16ClN3OS. The molecule has 2 aromatic rings. The van der Waals surface area contributed by atoms with Crippen LogP contribution >= 0.6 is 23.4 Å². The molecule has 1 aliphatic rings. The zero-order valence-corrected chi connectivity index (χ0v) is 12.6. The smallest absolute Gasteiger partial charge is 0.259 e. The Bertz CT molecular complexity index is 596. The van der Waals surface area contributed by atoms with Crippen LogP contribution in [0.1, 0.15) is 31.5 Å². The van der Waals surface area contributed by atoms with Crippen LogP contribution in [0.25, 0.3) is 11.5 Å². The zero-order chi connectivity index (χ0) is 13.9. The monoisotopic (exact) mass is 309 g/mol. The minimum absolute atomic E-state index is 0.435. The van der Waals surface area contributed by atoms with E-state index in [0.717, 1.165) is 16.8 Å². The highest BCUT2D eigenvalue weighted by molar-refractivity contribution is 7.99. The van der Waals surface area contributed by atoms with E-state index in [4.69, 9.17) is 21.9 Å². The highest BCUT2D eigenvalue weighted by Crippen LogP contribution is 2.32. The number of nitrogens with two attached hydrogens (primary N) is 1. The van der Waals surface area contributed by atoms with Crippen molar-refractivity contribution in [3.63, 3.8) is 0 Å². The topological polar surface area (TPSA) is 64.9 Å². The first-order chi connectivity index (χ1) is 9.72. The first kappa shape index (κ1) is 13.8. The molecule has 0 bridgehead atoms. The van der Waals surface area contributed by atoms with Crippen molar-refractivity contribution in [1.29, 1.82) is 0 Å². The lowest BCUT2D eigenvalue weighted by molar-refractivity contribution is 0.425. The highest BCUT2D eigenvalue weighted by Gasteiger charge is 2.17. The second-order valence-corrected chi connectivity index (χ2v) is 6.67. The number of benzene rings is 1. The Labute approximate surface area is 127 Å². The number of rotatable bonds is 4. The summed E-state index contributed by atoms with van der Waals surface area (Å²) < 4.78 is 5.29. The number of thioether (sulfide) groups is 1. The van der Waals surface area contributed by atoms with E-state index in [0.29, 0.717) is 22.2 Å². The summed E-state index contributed by atoms with van der Waals surface area (Å²) in [5.74, 6) is 1.94. The second kappa shape index (κ2) is 6.06. The molecule has 0 amide bonds. The maximum absolute atomic E-state index is 6.13. The minimum atomic E-state index is 0.435. The Morgan fingerprint density at radius 2 is 2.15 bits per heavy atom. The Kier molecular flexibility index (Phi) is 4.17. The van der Waals surface area contributed by atoms with Gasteiger partial charge in [0, 0.05) is 10.9 Å². The molecule has 0 unspecified atom stereocenters. The number of nitrogens with zero attached hydrogens (tertiary/aromatic N) is 2. The molecule has 20 heavy (non-hydrogen) atoms. The highest BCUT2D eigenvalue weighted by atomic mass is 35.5. The van der Waals surface area contributed by atoms with Crippen molar-refractivity contribution in [2.45, 2.75) is 36.7 Å². The van der Waals surface area contributed by atoms with Crippen molar-refractivity contribution in [3.05, 3.63) is 29.0 Å². The number of nitrogen functional groups attached to an aromatic ring is 1. The van der Waals surface area contributed by atoms with Gasteiger partial charge in [-0.2, -0.15) is 16.7 Å². The van der Waals surface area contributed by atoms with Gasteiger partial charge in [0.15, 0.2) is 5.82 Å². The van der Waals surface area contributed by atoms with Crippen LogP contribution in [-0.4, -0.2) is 15.4 Å². The largest absolute Gasteiger partial charge is 0.399 e. The molecule has 1 fully saturated rings. The van der Waals surface area contributed by atoms with Crippen molar-refractivity contribution in [2.24, 2.45) is 0 Å². The van der Waals surface area contributed by atoms with Gasteiger partial charge in [0.05, 0.1) is 16.3 Å². The molecule has 0 spiro atoms. The predicted molar refractivity (Wildman–Crippen MR) is 82.7 cm³/mol. The van der Waals surface area contributed by atoms with Gasteiger partial charge in [0.25, 0.3) is 5.89 Å². The lowest BCUT2D eigenvalue weighted by Gasteiger charge is -2.04. The number of hydrogen-bond donors (Lipinski definition) is 1. The number of hydrogen-bond acceptors (Lipinski definition) is 5. The molecule has 106 valence electrons. The molecule has 1 aromatic carbocycles. The molecule has 1 heterocycles. The van der Waals surface area contributed by atoms with Crippen LogP contribution in [0.15, 0.2) is 22.7 Å². The van der Waals surface area contributed by atoms with Crippen molar-refractivity contribution in [3.8, 4) is 11.5 Å². The standard InChI is InChI=1S/C14H16ClN3OS/c15-12-6-5-9(16)7-11(12)14-17-13(18-19-14)8-20-10-3-1-2-4-10/h5-7,10H,1-4,8,16H2. The number of aromatic nitrogens is 2. The first-order valence-electron chi connectivity index (χ1n) is 6.72. The third-order valence-corrected chi connectivity index (χ3v) is 5.14. The maximum Gasteiger partial charge on any atom is 0.259 e. The van der Waals surface area contributed by atoms with Gasteiger partial charge in [0.2, 0.25) is 0 Å². The van der Waals surface area contributed by atoms with E-state index in [9.17, 15) is 0 Å². The van der Waals surface area contributed by atoms with Crippen LogP contribution < -0.4 is 5.73 Å². The number of anilines is 1. The molecule has 0 aliphatic heterocycles. The zero-order valence-electron chi connectivity index (χ0n) is 11.0. The van der Waals surface area contributed by atoms with E-state index < -0.39 is 0 Å². The minimum Gasteiger partial charge on any atom is -0.399 e. The van der Waals surface area contributed by atoms with E-state index in [2.05, 4.69) is 10.1 Å². The molecule has 6 heteroatoms. The normalized spacial score (nSPS) is 15.8. The lowest BCUT2D eigenvalue weighted by atomic mass is 10.2. The SMILES string of the molecule is Nc1ccc(Cl)c(-c2nc(CSC3CCCC3)no2)c1. The summed E-state index contributed by atoms with van der Waals surface area (Å²) in [6.45, 7) is 0. The molecule has 0 radical (unpaired) electrons. The molecule has 1 aliphatic carbocycles. The molecule has 4 nitrogen and oxygen atoms in total. The molecule has 0 saturated heterocycles. The van der Waals surface area contributed by atoms with E-state index in [-0.39, 0.29) is 0 Å². The Morgan fingerprint density at radius 1 is 1.35 bits per heavy atom. The summed E-state index contributed by atoms with van der Waals surface area (Å²) in [4.78, 5) is 4.40. The van der Waals surface area contributed by atoms with Gasteiger partial charge in [-0.25, -0.2) is 0 Å². The van der Waals surface area contributed by atoms with Gasteiger partial charge in [-0.3, -0.25) is 0 Å². The Hall–Kier alpha value is -1.20. The fraction of sp³-hybridized carbons (Fsp3) is 0.429. The lowest BCUT2D eigenvalue weighted by Crippen LogP contribution is -1.95. The molecular weight excluding hydrogens is 294 g/mol. The fourth-order valence-electron chi connectivity index (χ4n) is 2.38. The average Bonchev–Trinajstić information content (AvgIpc) is 3.10. The number of halogens is 1. The quantitative estimate of drug-likeness (QED) is 0.859. The molecule has 1 saturated carbocycles. The third kappa shape index (κ3) is 3.10. The molecule has 3 rings (SSSR count). The summed E-state index contributed by atoms with van der Waals surface area (Å²) in [6.07, 6.45) is 5.29. The van der Waals surface area contributed by atoms with Gasteiger partial charge in [-0.1, -0.05) is 29.6 Å². The van der Waals surface area contributed by atoms with Crippen LogP contribution in [0.3, 0.4) is 0 Å². The van der Waals surface area contributed by atoms with Crippen molar-refractivity contribution in [1.82, 2.24) is 10.1 Å². The van der Waals surface area contributed by atoms with Crippen LogP contribution in [0.5, 0.6) is 0 Å². The van der Waals surface area contributed by atoms with Gasteiger partial charge < -0.3 is 10.3 Å². The Morgan fingerprint density at radius 3 is 2.95 bits per heavy atom. The van der Waals surface area contributed by atoms with E-state index >= 15 is 0 Å². The first-order valence-corrected chi connectivity index (χ1v) is 8.14. The van der Waals surface area contributed by atoms with Gasteiger partial charge in [0.1, 0.15) is 0 Å². The summed E-state index contributed by atoms with van der Waals surface area (Å²) in [6, 6.07) is 5.24. The van der Waals surface area contributed by atoms with E-state index in [1.807, 2.05) is 11.8 Å². The summed E-state index contributed by atoms with van der Waals surface area (Å²) in [7, 11) is 0. The van der Waals surface area contributed by atoms with Crippen LogP contribution in [-0.2, 0) is 5.75 Å². The molecule has 2 N–H and O–H groups in total. The summed E-state index contributed by atoms with van der Waals surface area (Å²) in [5.41, 5.74) is 7.08. The third-order valence-electron chi connectivity index (χ3n) is 3.44. The fourth-order valence-corrected chi connectivity index (χ4v) is 3.74. The summed E-state index contributed by atoms with van der Waals surface area (Å²) in [5, 5.41) is 5.33. The van der Waals surface area contributed by atoms with Crippen LogP contribution in [0.2, 0.25) is 5.02 Å². The second-order valence-electron chi connectivity index (χ2n) is 4.97. The van der Waals surface area contributed by atoms with Crippen molar-refractivity contribution < 1.29 is 4.52 Å². The maximum atomic E-state index is 6.13. The summed E-state index contributed by atoms with van der Waals surface area (Å²) >= 11 is 8.04. The van der Waals surface area contributed by atoms with Gasteiger partial charge >= 0.3 is 0 Å². The van der Waals surface area contributed by atoms with E-state index in [1.165, 1.54) is 25.7 Å². The van der Waals surface area contributed by atoms with Crippen LogP contribution in [0, 0.1) is 0 Å². The van der Waals surface area contributed by atoms with Crippen molar-refractivity contribution in [2.75, 3.05) is 5.73 Å². The van der Waals surface area contributed by atoms with E-state index in [1.54, 1.807) is 18.2 Å². The van der Waals surface area contributed by atoms with Gasteiger partial charge in [-0.15, -0.1) is 0 Å². The molecule has 0 atom stereocenters. The van der Waals surface area contributed by atoms with Gasteiger partial charge in [-0.05, 0) is 31.0 Å². The predicted octanol–water partition coefficient (Wildman–Crippen LogP) is 4.15. The van der Waals surface area contributed by atoms with Crippen LogP contribution in [0.4, 0.5) is 5.69 Å². The van der Waals surface area contributed by atoms with Crippen molar-refractivity contribution >= 4 is 29.1 Å². The Balaban J connectivity index is 1.71.